The molecule has 0 aliphatic rings. The van der Waals surface area contributed by atoms with Gasteiger partial charge in [-0.3, -0.25) is 4.79 Å². The average molecular weight is 321 g/mol. The van der Waals surface area contributed by atoms with Crippen LogP contribution in [0.4, 0.5) is 0 Å². The Hall–Kier alpha value is -2.55. The minimum absolute atomic E-state index is 0.0544. The molecule has 24 heavy (non-hydrogen) atoms. The number of nitrogens with one attached hydrogen (secondary N) is 1. The Morgan fingerprint density at radius 1 is 1.08 bits per heavy atom. The van der Waals surface area contributed by atoms with Gasteiger partial charge < -0.3 is 9.73 Å². The van der Waals surface area contributed by atoms with Crippen LogP contribution < -0.4 is 5.32 Å². The number of carbonyl (C=O) groups is 1. The number of hydrogen-bond donors (Lipinski definition) is 1. The maximum Gasteiger partial charge on any atom is 0.252 e. The molecule has 0 aliphatic heterocycles. The molecular formula is C21H23NO2. The van der Waals surface area contributed by atoms with Crippen LogP contribution in [0.15, 0.2) is 59.2 Å². The van der Waals surface area contributed by atoms with E-state index in [0.29, 0.717) is 23.9 Å². The molecule has 1 amide bonds. The molecule has 0 saturated carbocycles. The van der Waals surface area contributed by atoms with Crippen molar-refractivity contribution in [2.45, 2.75) is 26.7 Å². The highest BCUT2D eigenvalue weighted by Crippen LogP contribution is 2.27. The molecule has 3 aromatic rings. The van der Waals surface area contributed by atoms with Gasteiger partial charge in [-0.1, -0.05) is 44.2 Å². The summed E-state index contributed by atoms with van der Waals surface area (Å²) in [5, 5.41) is 3.96. The van der Waals surface area contributed by atoms with Gasteiger partial charge in [-0.15, -0.1) is 0 Å². The van der Waals surface area contributed by atoms with Crippen LogP contribution in [0.1, 0.15) is 41.3 Å². The van der Waals surface area contributed by atoms with Crippen LogP contribution in [-0.2, 0) is 0 Å². The van der Waals surface area contributed by atoms with Crippen molar-refractivity contribution < 1.29 is 9.21 Å². The zero-order valence-electron chi connectivity index (χ0n) is 14.4. The number of fused-ring (bicyclic) bond motifs is 1. The number of amides is 1. The summed E-state index contributed by atoms with van der Waals surface area (Å²) < 4.78 is 5.38. The van der Waals surface area contributed by atoms with Crippen molar-refractivity contribution in [2.24, 2.45) is 5.92 Å². The van der Waals surface area contributed by atoms with Gasteiger partial charge in [0.25, 0.3) is 5.91 Å². The number of aryl methyl sites for hydroxylation is 1. The minimum Gasteiger partial charge on any atom is -0.464 e. The summed E-state index contributed by atoms with van der Waals surface area (Å²) in [6.07, 6.45) is 1.62. The smallest absolute Gasteiger partial charge is 0.252 e. The lowest BCUT2D eigenvalue weighted by Crippen LogP contribution is -2.30. The Kier molecular flexibility index (Phi) is 4.70. The van der Waals surface area contributed by atoms with Crippen LogP contribution in [0, 0.1) is 12.8 Å². The molecule has 1 heterocycles. The minimum atomic E-state index is -0.0544. The lowest BCUT2D eigenvalue weighted by Gasteiger charge is -2.23. The van der Waals surface area contributed by atoms with E-state index in [1.807, 2.05) is 24.3 Å². The van der Waals surface area contributed by atoms with E-state index in [-0.39, 0.29) is 5.91 Å². The predicted molar refractivity (Wildman–Crippen MR) is 97.3 cm³/mol. The van der Waals surface area contributed by atoms with Crippen LogP contribution in [0.5, 0.6) is 0 Å². The van der Waals surface area contributed by atoms with E-state index in [4.69, 9.17) is 4.42 Å². The normalized spacial score (nSPS) is 12.5. The molecule has 3 nitrogen and oxygen atoms in total. The number of furan rings is 1. The van der Waals surface area contributed by atoms with Crippen molar-refractivity contribution in [2.75, 3.05) is 6.54 Å². The third-order valence-electron chi connectivity index (χ3n) is 4.62. The summed E-state index contributed by atoms with van der Waals surface area (Å²) in [5.41, 5.74) is 3.97. The van der Waals surface area contributed by atoms with Gasteiger partial charge in [0, 0.05) is 17.8 Å². The second-order valence-electron chi connectivity index (χ2n) is 6.56. The molecule has 1 atom stereocenters. The van der Waals surface area contributed by atoms with Gasteiger partial charge in [0.15, 0.2) is 0 Å². The maximum absolute atomic E-state index is 12.6. The topological polar surface area (TPSA) is 42.2 Å². The first-order valence-electron chi connectivity index (χ1n) is 8.38. The second kappa shape index (κ2) is 6.91. The second-order valence-corrected chi connectivity index (χ2v) is 6.56. The molecule has 2 aromatic carbocycles. The van der Waals surface area contributed by atoms with Gasteiger partial charge in [-0.2, -0.15) is 0 Å². The lowest BCUT2D eigenvalue weighted by molar-refractivity contribution is 0.0950. The van der Waals surface area contributed by atoms with Crippen molar-refractivity contribution >= 4 is 16.9 Å². The quantitative estimate of drug-likeness (QED) is 0.725. The first-order valence-corrected chi connectivity index (χ1v) is 8.38. The van der Waals surface area contributed by atoms with Gasteiger partial charge in [0.05, 0.1) is 11.8 Å². The molecule has 1 N–H and O–H groups in total. The highest BCUT2D eigenvalue weighted by atomic mass is 16.3. The Morgan fingerprint density at radius 3 is 2.62 bits per heavy atom. The molecule has 0 spiro atoms. The highest BCUT2D eigenvalue weighted by molar-refractivity contribution is 6.05. The molecule has 0 bridgehead atoms. The first-order chi connectivity index (χ1) is 11.6. The molecule has 0 radical (unpaired) electrons. The van der Waals surface area contributed by atoms with Gasteiger partial charge >= 0.3 is 0 Å². The van der Waals surface area contributed by atoms with Crippen molar-refractivity contribution in [3.63, 3.8) is 0 Å². The summed E-state index contributed by atoms with van der Waals surface area (Å²) in [4.78, 5) is 12.6. The third kappa shape index (κ3) is 3.21. The number of rotatable bonds is 5. The predicted octanol–water partition coefficient (Wildman–Crippen LogP) is 4.91. The third-order valence-corrected chi connectivity index (χ3v) is 4.62. The summed E-state index contributed by atoms with van der Waals surface area (Å²) in [5.74, 6) is 0.677. The van der Waals surface area contributed by atoms with Crippen molar-refractivity contribution in [1.29, 1.82) is 0 Å². The van der Waals surface area contributed by atoms with Gasteiger partial charge in [0.1, 0.15) is 5.58 Å². The SMILES string of the molecule is Cc1ccccc1C(CNC(=O)c1cccc2occc12)C(C)C. The Bertz CT molecular complexity index is 848. The fourth-order valence-corrected chi connectivity index (χ4v) is 3.20. The Labute approximate surface area is 142 Å². The van der Waals surface area contributed by atoms with Crippen molar-refractivity contribution in [3.8, 4) is 0 Å². The summed E-state index contributed by atoms with van der Waals surface area (Å²) >= 11 is 0. The maximum atomic E-state index is 12.6. The number of hydrogen-bond acceptors (Lipinski definition) is 2. The lowest BCUT2D eigenvalue weighted by atomic mass is 9.86. The zero-order chi connectivity index (χ0) is 17.1. The zero-order valence-corrected chi connectivity index (χ0v) is 14.4. The van der Waals surface area contributed by atoms with E-state index >= 15 is 0 Å². The molecule has 0 aliphatic carbocycles. The molecule has 3 heteroatoms. The molecule has 1 unspecified atom stereocenters. The van der Waals surface area contributed by atoms with Gasteiger partial charge in [-0.05, 0) is 42.2 Å². The van der Waals surface area contributed by atoms with Crippen molar-refractivity contribution in [1.82, 2.24) is 5.32 Å². The van der Waals surface area contributed by atoms with E-state index in [1.54, 1.807) is 6.26 Å². The Balaban J connectivity index is 1.79. The van der Waals surface area contributed by atoms with E-state index in [2.05, 4.69) is 50.4 Å². The van der Waals surface area contributed by atoms with Crippen LogP contribution in [0.25, 0.3) is 11.0 Å². The Morgan fingerprint density at radius 2 is 1.88 bits per heavy atom. The van der Waals surface area contributed by atoms with Crippen molar-refractivity contribution in [3.05, 3.63) is 71.5 Å². The van der Waals surface area contributed by atoms with Crippen LogP contribution in [0.3, 0.4) is 0 Å². The number of carbonyl (C=O) groups excluding carboxylic acids is 1. The van der Waals surface area contributed by atoms with Crippen LogP contribution in [-0.4, -0.2) is 12.5 Å². The summed E-state index contributed by atoms with van der Waals surface area (Å²) in [7, 11) is 0. The molecule has 3 rings (SSSR count). The molecule has 124 valence electrons. The largest absolute Gasteiger partial charge is 0.464 e. The standard InChI is InChI=1S/C21H23NO2/c1-14(2)19(16-8-5-4-7-15(16)3)13-22-21(23)18-9-6-10-20-17(18)11-12-24-20/h4-12,14,19H,13H2,1-3H3,(H,22,23). The summed E-state index contributed by atoms with van der Waals surface area (Å²) in [6.45, 7) is 7.13. The van der Waals surface area contributed by atoms with E-state index in [9.17, 15) is 4.79 Å². The van der Waals surface area contributed by atoms with Gasteiger partial charge in [0.2, 0.25) is 0 Å². The molecule has 0 fully saturated rings. The average Bonchev–Trinajstić information content (AvgIpc) is 3.04. The molecular weight excluding hydrogens is 298 g/mol. The highest BCUT2D eigenvalue weighted by Gasteiger charge is 2.19. The van der Waals surface area contributed by atoms with E-state index < -0.39 is 0 Å². The summed E-state index contributed by atoms with van der Waals surface area (Å²) in [6, 6.07) is 15.8. The monoisotopic (exact) mass is 321 g/mol. The molecule has 1 aromatic heterocycles. The fraction of sp³-hybridized carbons (Fsp3) is 0.286. The van der Waals surface area contributed by atoms with Crippen LogP contribution in [0.2, 0.25) is 0 Å². The number of benzene rings is 2. The van der Waals surface area contributed by atoms with Crippen LogP contribution >= 0.6 is 0 Å². The fourth-order valence-electron chi connectivity index (χ4n) is 3.20. The molecule has 0 saturated heterocycles. The van der Waals surface area contributed by atoms with E-state index in [0.717, 1.165) is 11.0 Å². The van der Waals surface area contributed by atoms with Gasteiger partial charge in [-0.25, -0.2) is 0 Å². The van der Waals surface area contributed by atoms with E-state index in [1.165, 1.54) is 11.1 Å². The first kappa shape index (κ1) is 16.3.